The van der Waals surface area contributed by atoms with Crippen LogP contribution in [0, 0.1) is 13.8 Å². The number of hydrogen-bond acceptors (Lipinski definition) is 3. The van der Waals surface area contributed by atoms with Gasteiger partial charge in [0, 0.05) is 39.8 Å². The smallest absolute Gasteiger partial charge is 0.262 e. The lowest BCUT2D eigenvalue weighted by Crippen LogP contribution is -2.19. The highest BCUT2D eigenvalue weighted by Gasteiger charge is 2.12. The van der Waals surface area contributed by atoms with E-state index in [1.807, 2.05) is 35.9 Å². The summed E-state index contributed by atoms with van der Waals surface area (Å²) in [7, 11) is 0. The fourth-order valence-corrected chi connectivity index (χ4v) is 3.29. The van der Waals surface area contributed by atoms with E-state index in [4.69, 9.17) is 11.6 Å². The van der Waals surface area contributed by atoms with E-state index in [0.29, 0.717) is 34.0 Å². The zero-order valence-electron chi connectivity index (χ0n) is 15.5. The highest BCUT2D eigenvalue weighted by molar-refractivity contribution is 6.30. The van der Waals surface area contributed by atoms with Gasteiger partial charge in [0.05, 0.1) is 6.54 Å². The van der Waals surface area contributed by atoms with Crippen LogP contribution in [0.25, 0.3) is 5.78 Å². The Morgan fingerprint density at radius 3 is 2.54 bits per heavy atom. The second-order valence-electron chi connectivity index (χ2n) is 6.76. The molecule has 140 valence electrons. The number of carbonyl (C=O) groups excluding carboxylic acids is 1. The van der Waals surface area contributed by atoms with Crippen molar-refractivity contribution in [2.75, 3.05) is 0 Å². The van der Waals surface area contributed by atoms with Crippen molar-refractivity contribution in [1.82, 2.24) is 14.0 Å². The first-order valence-corrected chi connectivity index (χ1v) is 9.26. The van der Waals surface area contributed by atoms with Crippen LogP contribution in [0.4, 0.5) is 0 Å². The zero-order chi connectivity index (χ0) is 19.8. The molecule has 4 rings (SSSR count). The number of halogens is 1. The Labute approximate surface area is 166 Å². The van der Waals surface area contributed by atoms with E-state index in [2.05, 4.69) is 4.98 Å². The van der Waals surface area contributed by atoms with E-state index in [1.165, 1.54) is 0 Å². The van der Waals surface area contributed by atoms with E-state index in [9.17, 15) is 9.59 Å². The summed E-state index contributed by atoms with van der Waals surface area (Å²) in [5, 5.41) is 0.595. The van der Waals surface area contributed by atoms with E-state index < -0.39 is 0 Å². The van der Waals surface area contributed by atoms with Crippen molar-refractivity contribution in [3.05, 3.63) is 104 Å². The van der Waals surface area contributed by atoms with Crippen LogP contribution in [-0.4, -0.2) is 19.7 Å². The molecule has 0 radical (unpaired) electrons. The van der Waals surface area contributed by atoms with Gasteiger partial charge in [0.15, 0.2) is 5.78 Å². The van der Waals surface area contributed by atoms with Gasteiger partial charge in [-0.2, -0.15) is 0 Å². The number of benzene rings is 2. The quantitative estimate of drug-likeness (QED) is 0.493. The van der Waals surface area contributed by atoms with Gasteiger partial charge in [-0.25, -0.2) is 4.98 Å². The van der Waals surface area contributed by atoms with Crippen molar-refractivity contribution in [1.29, 1.82) is 0 Å². The summed E-state index contributed by atoms with van der Waals surface area (Å²) in [6.45, 7) is 4.12. The van der Waals surface area contributed by atoms with E-state index in [1.54, 1.807) is 47.9 Å². The fourth-order valence-electron chi connectivity index (χ4n) is 3.16. The standard InChI is InChI=1S/C22H18ClN3O2/c1-14-15(2)24-22-25(10-11-26(22)21(14)28)13-16-4-3-5-18(12-16)20(27)17-6-8-19(23)9-7-17/h3-12H,13H2,1-2H3. The SMILES string of the molecule is Cc1nc2n(Cc3cccc(C(=O)c4ccc(Cl)cc4)c3)ccn2c(=O)c1C. The van der Waals surface area contributed by atoms with Crippen LogP contribution >= 0.6 is 11.6 Å². The van der Waals surface area contributed by atoms with Gasteiger partial charge in [0.25, 0.3) is 5.56 Å². The first kappa shape index (κ1) is 18.2. The summed E-state index contributed by atoms with van der Waals surface area (Å²) in [5.74, 6) is 0.527. The molecule has 5 nitrogen and oxygen atoms in total. The van der Waals surface area contributed by atoms with Crippen molar-refractivity contribution in [3.8, 4) is 0 Å². The Bertz CT molecular complexity index is 1250. The van der Waals surface area contributed by atoms with Crippen LogP contribution in [-0.2, 0) is 6.54 Å². The number of hydrogen-bond donors (Lipinski definition) is 0. The minimum absolute atomic E-state index is 0.0586. The normalized spacial score (nSPS) is 11.1. The highest BCUT2D eigenvalue weighted by Crippen LogP contribution is 2.16. The molecule has 0 bridgehead atoms. The highest BCUT2D eigenvalue weighted by atomic mass is 35.5. The lowest BCUT2D eigenvalue weighted by molar-refractivity contribution is 0.103. The van der Waals surface area contributed by atoms with Crippen LogP contribution in [0.15, 0.2) is 65.7 Å². The van der Waals surface area contributed by atoms with E-state index in [0.717, 1.165) is 11.3 Å². The summed E-state index contributed by atoms with van der Waals surface area (Å²) >= 11 is 5.90. The summed E-state index contributed by atoms with van der Waals surface area (Å²) in [5.41, 5.74) is 3.45. The van der Waals surface area contributed by atoms with Gasteiger partial charge < -0.3 is 4.57 Å². The molecule has 0 aliphatic heterocycles. The largest absolute Gasteiger partial charge is 0.312 e. The molecule has 0 aliphatic rings. The van der Waals surface area contributed by atoms with Gasteiger partial charge in [-0.1, -0.05) is 29.8 Å². The molecule has 28 heavy (non-hydrogen) atoms. The maximum atomic E-state index is 12.7. The predicted molar refractivity (Wildman–Crippen MR) is 109 cm³/mol. The first-order valence-electron chi connectivity index (χ1n) is 8.88. The molecule has 0 saturated carbocycles. The number of nitrogens with zero attached hydrogens (tertiary/aromatic N) is 3. The van der Waals surface area contributed by atoms with Crippen LogP contribution in [0.3, 0.4) is 0 Å². The average Bonchev–Trinajstić information content (AvgIpc) is 3.09. The molecular formula is C22H18ClN3O2. The molecule has 2 aromatic heterocycles. The van der Waals surface area contributed by atoms with E-state index >= 15 is 0 Å². The van der Waals surface area contributed by atoms with Gasteiger partial charge in [-0.05, 0) is 49.7 Å². The maximum Gasteiger partial charge on any atom is 0.262 e. The first-order chi connectivity index (χ1) is 13.4. The second-order valence-corrected chi connectivity index (χ2v) is 7.20. The molecule has 0 N–H and O–H groups in total. The van der Waals surface area contributed by atoms with Gasteiger partial charge >= 0.3 is 0 Å². The molecule has 0 fully saturated rings. The molecular weight excluding hydrogens is 374 g/mol. The Morgan fingerprint density at radius 2 is 1.79 bits per heavy atom. The van der Waals surface area contributed by atoms with Gasteiger partial charge in [0.2, 0.25) is 5.78 Å². The third-order valence-electron chi connectivity index (χ3n) is 4.87. The second kappa shape index (κ2) is 7.09. The number of imidazole rings is 1. The molecule has 2 heterocycles. The minimum Gasteiger partial charge on any atom is -0.312 e. The predicted octanol–water partition coefficient (Wildman–Crippen LogP) is 4.05. The Hall–Kier alpha value is -3.18. The van der Waals surface area contributed by atoms with Gasteiger partial charge in [-0.3, -0.25) is 14.0 Å². The summed E-state index contributed by atoms with van der Waals surface area (Å²) in [4.78, 5) is 29.7. The van der Waals surface area contributed by atoms with Crippen LogP contribution in [0.2, 0.25) is 5.02 Å². The van der Waals surface area contributed by atoms with Crippen LogP contribution < -0.4 is 5.56 Å². The maximum absolute atomic E-state index is 12.7. The zero-order valence-corrected chi connectivity index (χ0v) is 16.3. The van der Waals surface area contributed by atoms with Crippen LogP contribution in [0.1, 0.15) is 32.7 Å². The number of aryl methyl sites for hydroxylation is 1. The van der Waals surface area contributed by atoms with Crippen molar-refractivity contribution >= 4 is 23.2 Å². The molecule has 0 atom stereocenters. The molecule has 0 spiro atoms. The van der Waals surface area contributed by atoms with Crippen molar-refractivity contribution in [3.63, 3.8) is 0 Å². The molecule has 0 unspecified atom stereocenters. The topological polar surface area (TPSA) is 56.4 Å². The lowest BCUT2D eigenvalue weighted by atomic mass is 10.0. The average molecular weight is 392 g/mol. The monoisotopic (exact) mass is 391 g/mol. The lowest BCUT2D eigenvalue weighted by Gasteiger charge is -2.08. The summed E-state index contributed by atoms with van der Waals surface area (Å²) in [6.07, 6.45) is 3.55. The van der Waals surface area contributed by atoms with E-state index in [-0.39, 0.29) is 11.3 Å². The molecule has 0 saturated heterocycles. The molecule has 4 aromatic rings. The fraction of sp³-hybridized carbons (Fsp3) is 0.136. The number of rotatable bonds is 4. The third kappa shape index (κ3) is 3.25. The summed E-state index contributed by atoms with van der Waals surface area (Å²) < 4.78 is 3.45. The number of carbonyl (C=O) groups is 1. The molecule has 0 amide bonds. The molecule has 6 heteroatoms. The Balaban J connectivity index is 1.68. The molecule has 2 aromatic carbocycles. The Morgan fingerprint density at radius 1 is 1.04 bits per heavy atom. The van der Waals surface area contributed by atoms with Crippen molar-refractivity contribution < 1.29 is 4.79 Å². The number of ketones is 1. The third-order valence-corrected chi connectivity index (χ3v) is 5.12. The van der Waals surface area contributed by atoms with Gasteiger partial charge in [0.1, 0.15) is 0 Å². The molecule has 0 aliphatic carbocycles. The summed E-state index contributed by atoms with van der Waals surface area (Å²) in [6, 6.07) is 14.3. The van der Waals surface area contributed by atoms with Crippen molar-refractivity contribution in [2.45, 2.75) is 20.4 Å². The van der Waals surface area contributed by atoms with Crippen LogP contribution in [0.5, 0.6) is 0 Å². The Kier molecular flexibility index (Phi) is 4.61. The van der Waals surface area contributed by atoms with Crippen molar-refractivity contribution in [2.24, 2.45) is 0 Å². The number of fused-ring (bicyclic) bond motifs is 1. The minimum atomic E-state index is -0.0621. The van der Waals surface area contributed by atoms with Gasteiger partial charge in [-0.15, -0.1) is 0 Å². The number of aromatic nitrogens is 3.